The zero-order valence-corrected chi connectivity index (χ0v) is 13.6. The molecule has 6 nitrogen and oxygen atoms in total. The number of H-pyrrole nitrogens is 1. The van der Waals surface area contributed by atoms with Gasteiger partial charge >= 0.3 is 0 Å². The molecular formula is C16H16N4O2S. The molecule has 3 heterocycles. The minimum atomic E-state index is -3.23. The number of nitrogens with one attached hydrogen (secondary N) is 2. The molecule has 0 bridgehead atoms. The zero-order valence-electron chi connectivity index (χ0n) is 12.8. The van der Waals surface area contributed by atoms with Crippen LogP contribution in [0.3, 0.4) is 0 Å². The predicted octanol–water partition coefficient (Wildman–Crippen LogP) is 2.41. The molecule has 2 N–H and O–H groups in total. The van der Waals surface area contributed by atoms with Gasteiger partial charge in [0.1, 0.15) is 5.82 Å². The normalized spacial score (nSPS) is 13.3. The van der Waals surface area contributed by atoms with Crippen LogP contribution in [0.1, 0.15) is 5.56 Å². The van der Waals surface area contributed by atoms with Crippen molar-refractivity contribution < 1.29 is 8.42 Å². The Morgan fingerprint density at radius 1 is 1.26 bits per heavy atom. The second-order valence-corrected chi connectivity index (χ2v) is 7.78. The lowest BCUT2D eigenvalue weighted by atomic mass is 10.1. The van der Waals surface area contributed by atoms with Crippen LogP contribution < -0.4 is 5.32 Å². The summed E-state index contributed by atoms with van der Waals surface area (Å²) >= 11 is 0. The summed E-state index contributed by atoms with van der Waals surface area (Å²) in [5.74, 6) is 0.931. The summed E-state index contributed by atoms with van der Waals surface area (Å²) in [6.45, 7) is 0.722. The smallest absolute Gasteiger partial charge is 0.175 e. The molecule has 0 saturated carbocycles. The van der Waals surface area contributed by atoms with Crippen LogP contribution in [0.25, 0.3) is 22.5 Å². The fourth-order valence-corrected chi connectivity index (χ4v) is 3.64. The van der Waals surface area contributed by atoms with E-state index in [9.17, 15) is 8.42 Å². The van der Waals surface area contributed by atoms with Crippen LogP contribution in [0.15, 0.2) is 41.4 Å². The number of fused-ring (bicyclic) bond motifs is 3. The maximum atomic E-state index is 11.8. The molecule has 3 aromatic rings. The van der Waals surface area contributed by atoms with Gasteiger partial charge in [0, 0.05) is 36.7 Å². The van der Waals surface area contributed by atoms with E-state index in [1.54, 1.807) is 18.2 Å². The second-order valence-electron chi connectivity index (χ2n) is 5.77. The molecule has 0 saturated heterocycles. The quantitative estimate of drug-likeness (QED) is 0.757. The van der Waals surface area contributed by atoms with Crippen LogP contribution in [0, 0.1) is 0 Å². The number of sulfone groups is 1. The van der Waals surface area contributed by atoms with Crippen molar-refractivity contribution in [2.24, 2.45) is 7.05 Å². The average Bonchev–Trinajstić information content (AvgIpc) is 3.10. The van der Waals surface area contributed by atoms with Crippen LogP contribution in [-0.4, -0.2) is 29.4 Å². The van der Waals surface area contributed by atoms with E-state index in [2.05, 4.69) is 15.4 Å². The molecule has 0 radical (unpaired) electrons. The number of rotatable bonds is 2. The number of hydrogen-bond donors (Lipinski definition) is 2. The Morgan fingerprint density at radius 2 is 2.09 bits per heavy atom. The number of anilines is 1. The van der Waals surface area contributed by atoms with Gasteiger partial charge in [-0.3, -0.25) is 4.68 Å². The highest BCUT2D eigenvalue weighted by atomic mass is 32.2. The van der Waals surface area contributed by atoms with Gasteiger partial charge in [0.25, 0.3) is 0 Å². The predicted molar refractivity (Wildman–Crippen MR) is 88.9 cm³/mol. The summed E-state index contributed by atoms with van der Waals surface area (Å²) in [4.78, 5) is 3.66. The molecule has 23 heavy (non-hydrogen) atoms. The molecule has 0 amide bonds. The van der Waals surface area contributed by atoms with Crippen LogP contribution in [0.4, 0.5) is 5.82 Å². The molecule has 0 unspecified atom stereocenters. The first kappa shape index (κ1) is 14.1. The van der Waals surface area contributed by atoms with Crippen molar-refractivity contribution in [3.8, 4) is 22.5 Å². The summed E-state index contributed by atoms with van der Waals surface area (Å²) < 4.78 is 25.4. The molecule has 0 spiro atoms. The van der Waals surface area contributed by atoms with E-state index >= 15 is 0 Å². The Bertz CT molecular complexity index is 1010. The molecule has 0 fully saturated rings. The topological polar surface area (TPSA) is 79.8 Å². The number of aromatic nitrogens is 3. The van der Waals surface area contributed by atoms with E-state index < -0.39 is 9.84 Å². The summed E-state index contributed by atoms with van der Waals surface area (Å²) in [6, 6.07) is 8.99. The third-order valence-electron chi connectivity index (χ3n) is 4.12. The van der Waals surface area contributed by atoms with E-state index in [0.717, 1.165) is 40.4 Å². The van der Waals surface area contributed by atoms with Gasteiger partial charge in [-0.2, -0.15) is 5.10 Å². The average molecular weight is 328 g/mol. The highest BCUT2D eigenvalue weighted by Gasteiger charge is 2.22. The van der Waals surface area contributed by atoms with Crippen LogP contribution >= 0.6 is 0 Å². The second kappa shape index (κ2) is 4.73. The molecule has 1 aliphatic heterocycles. The van der Waals surface area contributed by atoms with Crippen molar-refractivity contribution in [1.29, 1.82) is 0 Å². The monoisotopic (exact) mass is 328 g/mol. The maximum Gasteiger partial charge on any atom is 0.175 e. The third kappa shape index (κ3) is 2.24. The Kier molecular flexibility index (Phi) is 2.89. The van der Waals surface area contributed by atoms with E-state index in [4.69, 9.17) is 0 Å². The van der Waals surface area contributed by atoms with Gasteiger partial charge < -0.3 is 10.3 Å². The Morgan fingerprint density at radius 3 is 2.87 bits per heavy atom. The van der Waals surface area contributed by atoms with Gasteiger partial charge in [0.05, 0.1) is 16.8 Å². The lowest BCUT2D eigenvalue weighted by Crippen LogP contribution is -2.08. The molecule has 1 aliphatic rings. The maximum absolute atomic E-state index is 11.8. The van der Waals surface area contributed by atoms with Crippen molar-refractivity contribution >= 4 is 15.7 Å². The van der Waals surface area contributed by atoms with Crippen LogP contribution in [0.2, 0.25) is 0 Å². The number of benzene rings is 1. The minimum absolute atomic E-state index is 0.316. The van der Waals surface area contributed by atoms with Crippen molar-refractivity contribution in [3.63, 3.8) is 0 Å². The molecule has 7 heteroatoms. The summed E-state index contributed by atoms with van der Waals surface area (Å²) in [5.41, 5.74) is 5.00. The molecular weight excluding hydrogens is 312 g/mol. The Balaban J connectivity index is 1.85. The summed E-state index contributed by atoms with van der Waals surface area (Å²) in [5, 5.41) is 7.65. The Hall–Kier alpha value is -2.54. The van der Waals surface area contributed by atoms with Gasteiger partial charge in [-0.1, -0.05) is 12.1 Å². The summed E-state index contributed by atoms with van der Waals surface area (Å²) in [7, 11) is -1.30. The van der Waals surface area contributed by atoms with Gasteiger partial charge in [0.2, 0.25) is 0 Å². The third-order valence-corrected chi connectivity index (χ3v) is 5.23. The van der Waals surface area contributed by atoms with Crippen molar-refractivity contribution in [3.05, 3.63) is 42.1 Å². The van der Waals surface area contributed by atoms with Gasteiger partial charge in [-0.05, 0) is 23.8 Å². The highest BCUT2D eigenvalue weighted by Crippen LogP contribution is 2.38. The summed E-state index contributed by atoms with van der Waals surface area (Å²) in [6.07, 6.45) is 3.08. The first-order chi connectivity index (χ1) is 10.9. The van der Waals surface area contributed by atoms with Gasteiger partial charge in [-0.25, -0.2) is 8.42 Å². The lowest BCUT2D eigenvalue weighted by Gasteiger charge is -2.14. The van der Waals surface area contributed by atoms with Gasteiger partial charge in [0.15, 0.2) is 9.84 Å². The molecule has 1 aromatic carbocycles. The first-order valence-electron chi connectivity index (χ1n) is 7.22. The largest absolute Gasteiger partial charge is 0.367 e. The fraction of sp³-hybridized carbons (Fsp3) is 0.188. The van der Waals surface area contributed by atoms with Gasteiger partial charge in [-0.15, -0.1) is 0 Å². The number of nitrogens with zero attached hydrogens (tertiary/aromatic N) is 2. The van der Waals surface area contributed by atoms with Crippen LogP contribution in [0.5, 0.6) is 0 Å². The standard InChI is InChI=1S/C16H16N4O2S/c1-20-15-11(9-18-20)8-17-16-13(15)7-14(19-16)10-4-3-5-12(6-10)23(2,21)22/h3-7,9,17,19H,8H2,1-2H3. The Labute approximate surface area is 134 Å². The van der Waals surface area contributed by atoms with E-state index in [0.29, 0.717) is 4.90 Å². The van der Waals surface area contributed by atoms with Crippen molar-refractivity contribution in [1.82, 2.24) is 14.8 Å². The number of hydrogen-bond acceptors (Lipinski definition) is 4. The number of aromatic amines is 1. The molecule has 4 rings (SSSR count). The zero-order chi connectivity index (χ0) is 16.2. The SMILES string of the molecule is Cn1ncc2c1-c1cc(-c3cccc(S(C)(=O)=O)c3)[nH]c1NC2. The molecule has 0 atom stereocenters. The van der Waals surface area contributed by atoms with Crippen molar-refractivity contribution in [2.45, 2.75) is 11.4 Å². The van der Waals surface area contributed by atoms with Crippen molar-refractivity contribution in [2.75, 3.05) is 11.6 Å². The molecule has 118 valence electrons. The van der Waals surface area contributed by atoms with Crippen LogP contribution in [-0.2, 0) is 23.4 Å². The molecule has 0 aliphatic carbocycles. The first-order valence-corrected chi connectivity index (χ1v) is 9.11. The van der Waals surface area contributed by atoms with E-state index in [-0.39, 0.29) is 0 Å². The van der Waals surface area contributed by atoms with E-state index in [1.165, 1.54) is 6.26 Å². The molecule has 2 aromatic heterocycles. The minimum Gasteiger partial charge on any atom is -0.367 e. The lowest BCUT2D eigenvalue weighted by molar-refractivity contribution is 0.602. The fourth-order valence-electron chi connectivity index (χ4n) is 2.97. The van der Waals surface area contributed by atoms with E-state index in [1.807, 2.05) is 30.1 Å². The number of aryl methyl sites for hydroxylation is 1. The highest BCUT2D eigenvalue weighted by molar-refractivity contribution is 7.90.